The van der Waals surface area contributed by atoms with Crippen LogP contribution in [0.2, 0.25) is 0 Å². The third-order valence-electron chi connectivity index (χ3n) is 4.20. The summed E-state index contributed by atoms with van der Waals surface area (Å²) < 4.78 is 6.20. The van der Waals surface area contributed by atoms with Gasteiger partial charge in [-0.1, -0.05) is 43.0 Å². The van der Waals surface area contributed by atoms with Crippen LogP contribution in [0.5, 0.6) is 0 Å². The highest BCUT2D eigenvalue weighted by Gasteiger charge is 2.16. The molecule has 1 heterocycles. The van der Waals surface area contributed by atoms with E-state index in [9.17, 15) is 14.4 Å². The standard InChI is InChI=1S/C21H21N3O4S/c1-3-14-9-11-15(12-10-14)24-19(26)16-7-5-6-8-17(16)22-20(24)29-13-18(25)23-21(27)28-4-2/h5-12H,3-4,13H2,1-2H3,(H,23,25,27). The number of benzene rings is 2. The molecule has 0 saturated carbocycles. The van der Waals surface area contributed by atoms with Gasteiger partial charge in [0.25, 0.3) is 5.56 Å². The molecule has 0 spiro atoms. The van der Waals surface area contributed by atoms with E-state index in [0.29, 0.717) is 21.7 Å². The Labute approximate surface area is 172 Å². The maximum absolute atomic E-state index is 13.1. The van der Waals surface area contributed by atoms with Crippen LogP contribution in [0, 0.1) is 0 Å². The summed E-state index contributed by atoms with van der Waals surface area (Å²) in [5.74, 6) is -0.611. The van der Waals surface area contributed by atoms with Gasteiger partial charge in [-0.05, 0) is 43.2 Å². The van der Waals surface area contributed by atoms with Crippen LogP contribution in [0.25, 0.3) is 16.6 Å². The van der Waals surface area contributed by atoms with Crippen molar-refractivity contribution >= 4 is 34.7 Å². The zero-order chi connectivity index (χ0) is 20.8. The number of nitrogens with zero attached hydrogens (tertiary/aromatic N) is 2. The second-order valence-electron chi connectivity index (χ2n) is 6.13. The molecule has 3 aromatic rings. The van der Waals surface area contributed by atoms with Crippen molar-refractivity contribution in [2.75, 3.05) is 12.4 Å². The number of thioether (sulfide) groups is 1. The summed E-state index contributed by atoms with van der Waals surface area (Å²) in [6.45, 7) is 3.88. The molecule has 0 aliphatic rings. The second kappa shape index (κ2) is 9.38. The van der Waals surface area contributed by atoms with Crippen molar-refractivity contribution in [1.29, 1.82) is 0 Å². The van der Waals surface area contributed by atoms with Gasteiger partial charge in [-0.3, -0.25) is 19.5 Å². The molecule has 0 unspecified atom stereocenters. The Kier molecular flexibility index (Phi) is 6.66. The number of hydrogen-bond donors (Lipinski definition) is 1. The Morgan fingerprint density at radius 3 is 2.52 bits per heavy atom. The predicted octanol–water partition coefficient (Wildman–Crippen LogP) is 3.31. The second-order valence-corrected chi connectivity index (χ2v) is 7.07. The number of ether oxygens (including phenoxy) is 1. The summed E-state index contributed by atoms with van der Waals surface area (Å²) in [6, 6.07) is 14.7. The van der Waals surface area contributed by atoms with Crippen LogP contribution in [-0.4, -0.2) is 33.9 Å². The molecule has 1 N–H and O–H groups in total. The molecule has 2 aromatic carbocycles. The molecule has 3 rings (SSSR count). The Morgan fingerprint density at radius 1 is 1.10 bits per heavy atom. The SMILES string of the molecule is CCOC(=O)NC(=O)CSc1nc2ccccc2c(=O)n1-c1ccc(CC)cc1. The van der Waals surface area contributed by atoms with Crippen molar-refractivity contribution in [3.8, 4) is 5.69 Å². The molecule has 0 aliphatic carbocycles. The topological polar surface area (TPSA) is 90.3 Å². The summed E-state index contributed by atoms with van der Waals surface area (Å²) in [6.07, 6.45) is 0.0953. The first kappa shape index (κ1) is 20.6. The maximum atomic E-state index is 13.1. The lowest BCUT2D eigenvalue weighted by Gasteiger charge is -2.13. The van der Waals surface area contributed by atoms with Crippen LogP contribution < -0.4 is 10.9 Å². The van der Waals surface area contributed by atoms with Crippen molar-refractivity contribution in [3.63, 3.8) is 0 Å². The highest BCUT2D eigenvalue weighted by molar-refractivity contribution is 7.99. The maximum Gasteiger partial charge on any atom is 0.413 e. The van der Waals surface area contributed by atoms with Crippen LogP contribution >= 0.6 is 11.8 Å². The smallest absolute Gasteiger partial charge is 0.413 e. The summed E-state index contributed by atoms with van der Waals surface area (Å²) in [5.41, 5.74) is 2.15. The van der Waals surface area contributed by atoms with Gasteiger partial charge in [0.15, 0.2) is 5.16 Å². The number of fused-ring (bicyclic) bond motifs is 1. The number of aromatic nitrogens is 2. The molecule has 0 bridgehead atoms. The molecule has 29 heavy (non-hydrogen) atoms. The van der Waals surface area contributed by atoms with E-state index in [1.165, 1.54) is 4.57 Å². The molecule has 0 aliphatic heterocycles. The minimum atomic E-state index is -0.794. The summed E-state index contributed by atoms with van der Waals surface area (Å²) in [7, 11) is 0. The fourth-order valence-electron chi connectivity index (χ4n) is 2.76. The number of para-hydroxylation sites is 1. The number of rotatable bonds is 6. The van der Waals surface area contributed by atoms with Gasteiger partial charge in [0.2, 0.25) is 5.91 Å². The number of carbonyl (C=O) groups is 2. The fourth-order valence-corrected chi connectivity index (χ4v) is 3.58. The van der Waals surface area contributed by atoms with E-state index in [4.69, 9.17) is 4.74 Å². The molecule has 0 radical (unpaired) electrons. The van der Waals surface area contributed by atoms with Gasteiger partial charge in [-0.2, -0.15) is 0 Å². The lowest BCUT2D eigenvalue weighted by Crippen LogP contribution is -2.32. The van der Waals surface area contributed by atoms with E-state index >= 15 is 0 Å². The third kappa shape index (κ3) is 4.83. The number of nitrogens with one attached hydrogen (secondary N) is 1. The quantitative estimate of drug-likeness (QED) is 0.494. The van der Waals surface area contributed by atoms with Crippen LogP contribution in [0.15, 0.2) is 58.5 Å². The van der Waals surface area contributed by atoms with Crippen LogP contribution in [0.1, 0.15) is 19.4 Å². The lowest BCUT2D eigenvalue weighted by molar-refractivity contribution is -0.117. The Morgan fingerprint density at radius 2 is 1.83 bits per heavy atom. The number of alkyl carbamates (subject to hydrolysis) is 1. The molecular weight excluding hydrogens is 390 g/mol. The molecule has 7 nitrogen and oxygen atoms in total. The fraction of sp³-hybridized carbons (Fsp3) is 0.238. The lowest BCUT2D eigenvalue weighted by atomic mass is 10.1. The molecule has 0 atom stereocenters. The minimum Gasteiger partial charge on any atom is -0.450 e. The van der Waals surface area contributed by atoms with Gasteiger partial charge in [0, 0.05) is 0 Å². The van der Waals surface area contributed by atoms with Gasteiger partial charge < -0.3 is 4.74 Å². The molecular formula is C21H21N3O4S. The number of imide groups is 1. The number of amides is 2. The monoisotopic (exact) mass is 411 g/mol. The molecule has 150 valence electrons. The van der Waals surface area contributed by atoms with Crippen molar-refractivity contribution in [1.82, 2.24) is 14.9 Å². The third-order valence-corrected chi connectivity index (χ3v) is 5.14. The summed E-state index contributed by atoms with van der Waals surface area (Å²) in [4.78, 5) is 41.2. The highest BCUT2D eigenvalue weighted by Crippen LogP contribution is 2.21. The number of aryl methyl sites for hydroxylation is 1. The predicted molar refractivity (Wildman–Crippen MR) is 113 cm³/mol. The normalized spacial score (nSPS) is 10.7. The van der Waals surface area contributed by atoms with Gasteiger partial charge in [-0.15, -0.1) is 0 Å². The average Bonchev–Trinajstić information content (AvgIpc) is 2.73. The van der Waals surface area contributed by atoms with Crippen LogP contribution in [-0.2, 0) is 16.0 Å². The molecule has 1 aromatic heterocycles. The molecule has 0 fully saturated rings. The Bertz CT molecular complexity index is 1090. The van der Waals surface area contributed by atoms with Crippen LogP contribution in [0.4, 0.5) is 4.79 Å². The van der Waals surface area contributed by atoms with E-state index in [-0.39, 0.29) is 17.9 Å². The van der Waals surface area contributed by atoms with Gasteiger partial charge in [0.1, 0.15) is 0 Å². The van der Waals surface area contributed by atoms with E-state index in [1.807, 2.05) is 24.3 Å². The zero-order valence-electron chi connectivity index (χ0n) is 16.2. The van der Waals surface area contributed by atoms with E-state index in [1.54, 1.807) is 31.2 Å². The summed E-state index contributed by atoms with van der Waals surface area (Å²) >= 11 is 1.08. The first-order valence-electron chi connectivity index (χ1n) is 9.24. The average molecular weight is 411 g/mol. The Balaban J connectivity index is 1.97. The molecule has 8 heteroatoms. The zero-order valence-corrected chi connectivity index (χ0v) is 17.0. The van der Waals surface area contributed by atoms with E-state index < -0.39 is 12.0 Å². The van der Waals surface area contributed by atoms with Crippen molar-refractivity contribution in [2.24, 2.45) is 0 Å². The summed E-state index contributed by atoms with van der Waals surface area (Å²) in [5, 5.41) is 3.01. The molecule has 2 amide bonds. The number of hydrogen-bond acceptors (Lipinski definition) is 6. The highest BCUT2D eigenvalue weighted by atomic mass is 32.2. The van der Waals surface area contributed by atoms with Gasteiger partial charge in [0.05, 0.1) is 29.0 Å². The minimum absolute atomic E-state index is 0.0867. The van der Waals surface area contributed by atoms with E-state index in [2.05, 4.69) is 17.2 Å². The van der Waals surface area contributed by atoms with Crippen molar-refractivity contribution in [2.45, 2.75) is 25.4 Å². The van der Waals surface area contributed by atoms with Crippen molar-refractivity contribution < 1.29 is 14.3 Å². The number of carbonyl (C=O) groups excluding carboxylic acids is 2. The van der Waals surface area contributed by atoms with Gasteiger partial charge in [-0.25, -0.2) is 9.78 Å². The van der Waals surface area contributed by atoms with E-state index in [0.717, 1.165) is 23.7 Å². The molecule has 0 saturated heterocycles. The Hall–Kier alpha value is -3.13. The van der Waals surface area contributed by atoms with Gasteiger partial charge >= 0.3 is 6.09 Å². The first-order valence-corrected chi connectivity index (χ1v) is 10.2. The van der Waals surface area contributed by atoms with Crippen molar-refractivity contribution in [3.05, 3.63) is 64.4 Å². The first-order chi connectivity index (χ1) is 14.0. The van der Waals surface area contributed by atoms with Crippen LogP contribution in [0.3, 0.4) is 0 Å². The largest absolute Gasteiger partial charge is 0.450 e.